The molecule has 0 fully saturated rings. The fourth-order valence-corrected chi connectivity index (χ4v) is 6.88. The zero-order valence-corrected chi connectivity index (χ0v) is 29.4. The SMILES string of the molecule is CCCCC(CC)CC(S)C(=O)OP(OC(=O)C(S)CC(CC)CCCC)OC(=O)C(S)CC(CC)CCCC. The molecule has 0 aromatic heterocycles. The van der Waals surface area contributed by atoms with Crippen LogP contribution in [-0.4, -0.2) is 33.7 Å². The van der Waals surface area contributed by atoms with E-state index in [0.717, 1.165) is 77.0 Å². The molecule has 6 nitrogen and oxygen atoms in total. The molecule has 40 heavy (non-hydrogen) atoms. The van der Waals surface area contributed by atoms with Crippen molar-refractivity contribution < 1.29 is 28.0 Å². The fraction of sp³-hybridized carbons (Fsp3) is 0.900. The topological polar surface area (TPSA) is 78.9 Å². The molecule has 0 aliphatic heterocycles. The first-order valence-corrected chi connectivity index (χ1v) is 18.2. The van der Waals surface area contributed by atoms with Gasteiger partial charge in [-0.2, -0.15) is 37.9 Å². The highest BCUT2D eigenvalue weighted by Gasteiger charge is 2.35. The Bertz CT molecular complexity index is 608. The van der Waals surface area contributed by atoms with Gasteiger partial charge in [-0.1, -0.05) is 119 Å². The van der Waals surface area contributed by atoms with Crippen LogP contribution in [0.4, 0.5) is 0 Å². The molecule has 236 valence electrons. The zero-order chi connectivity index (χ0) is 30.5. The van der Waals surface area contributed by atoms with Crippen LogP contribution in [0.2, 0.25) is 0 Å². The van der Waals surface area contributed by atoms with E-state index in [-0.39, 0.29) is 0 Å². The largest absolute Gasteiger partial charge is 0.537 e. The second kappa shape index (κ2) is 24.3. The lowest BCUT2D eigenvalue weighted by Crippen LogP contribution is -2.26. The number of carbonyl (C=O) groups excluding carboxylic acids is 3. The molecule has 6 atom stereocenters. The van der Waals surface area contributed by atoms with E-state index in [1.54, 1.807) is 0 Å². The number of rotatable bonds is 24. The van der Waals surface area contributed by atoms with Crippen LogP contribution in [-0.2, 0) is 28.0 Å². The zero-order valence-electron chi connectivity index (χ0n) is 25.8. The van der Waals surface area contributed by atoms with Gasteiger partial charge in [-0.25, -0.2) is 0 Å². The molecule has 0 saturated carbocycles. The molecule has 0 aliphatic rings. The van der Waals surface area contributed by atoms with Gasteiger partial charge in [0, 0.05) is 0 Å². The van der Waals surface area contributed by atoms with Crippen molar-refractivity contribution in [3.63, 3.8) is 0 Å². The van der Waals surface area contributed by atoms with Gasteiger partial charge in [0.2, 0.25) is 0 Å². The van der Waals surface area contributed by atoms with Crippen LogP contribution in [0.15, 0.2) is 0 Å². The Morgan fingerprint density at radius 3 is 0.975 bits per heavy atom. The van der Waals surface area contributed by atoms with Crippen molar-refractivity contribution in [3.8, 4) is 0 Å². The normalized spacial score (nSPS) is 16.7. The summed E-state index contributed by atoms with van der Waals surface area (Å²) in [7, 11) is -2.59. The minimum Gasteiger partial charge on any atom is -0.374 e. The van der Waals surface area contributed by atoms with Gasteiger partial charge < -0.3 is 13.6 Å². The first-order chi connectivity index (χ1) is 19.1. The molecule has 0 amide bonds. The lowest BCUT2D eigenvalue weighted by molar-refractivity contribution is -0.142. The first-order valence-electron chi connectivity index (χ1n) is 15.6. The Labute approximate surface area is 262 Å². The second-order valence-electron chi connectivity index (χ2n) is 11.0. The van der Waals surface area contributed by atoms with Crippen LogP contribution >= 0.6 is 46.5 Å². The third-order valence-corrected chi connectivity index (χ3v) is 9.86. The summed E-state index contributed by atoms with van der Waals surface area (Å²) in [4.78, 5) is 38.9. The molecule has 0 aromatic rings. The van der Waals surface area contributed by atoms with Crippen molar-refractivity contribution in [3.05, 3.63) is 0 Å². The van der Waals surface area contributed by atoms with Crippen LogP contribution in [0.5, 0.6) is 0 Å². The van der Waals surface area contributed by atoms with Gasteiger partial charge in [-0.05, 0) is 37.0 Å². The summed E-state index contributed by atoms with van der Waals surface area (Å²) < 4.78 is 16.5. The first kappa shape index (κ1) is 39.9. The lowest BCUT2D eigenvalue weighted by Gasteiger charge is -2.23. The number of hydrogen-bond acceptors (Lipinski definition) is 9. The molecule has 0 aliphatic carbocycles. The molecule has 10 heteroatoms. The number of thiol groups is 3. The minimum atomic E-state index is -2.59. The predicted octanol–water partition coefficient (Wildman–Crippen LogP) is 9.56. The minimum absolute atomic E-state index is 0.332. The summed E-state index contributed by atoms with van der Waals surface area (Å²) in [5, 5.41) is -2.13. The molecular formula is C30H57O6PS3. The highest BCUT2D eigenvalue weighted by atomic mass is 32.1. The van der Waals surface area contributed by atoms with Gasteiger partial charge in [-0.3, -0.25) is 14.4 Å². The average Bonchev–Trinajstić information content (AvgIpc) is 2.94. The second-order valence-corrected chi connectivity index (χ2v) is 13.8. The predicted molar refractivity (Wildman–Crippen MR) is 177 cm³/mol. The summed E-state index contributed by atoms with van der Waals surface area (Å²) in [5.41, 5.74) is 0. The van der Waals surface area contributed by atoms with Crippen LogP contribution in [0.1, 0.15) is 138 Å². The van der Waals surface area contributed by atoms with E-state index >= 15 is 0 Å². The highest BCUT2D eigenvalue weighted by Crippen LogP contribution is 2.43. The summed E-state index contributed by atoms with van der Waals surface area (Å²) >= 11 is 13.4. The third-order valence-electron chi connectivity index (χ3n) is 7.61. The van der Waals surface area contributed by atoms with Gasteiger partial charge >= 0.3 is 26.5 Å². The number of unbranched alkanes of at least 4 members (excludes halogenated alkanes) is 3. The standard InChI is InChI=1S/C30H57O6PS3/c1-7-13-16-22(10-4)19-25(38)28(31)34-37(35-29(32)26(39)20-23(11-5)17-14-8-2)36-30(33)27(40)21-24(12-6)18-15-9-3/h22-27,38-40H,7-21H2,1-6H3. The molecule has 0 radical (unpaired) electrons. The molecule has 0 heterocycles. The Morgan fingerprint density at radius 1 is 0.525 bits per heavy atom. The van der Waals surface area contributed by atoms with E-state index in [2.05, 4.69) is 79.4 Å². The van der Waals surface area contributed by atoms with Crippen LogP contribution in [0.25, 0.3) is 0 Å². The molecule has 6 unspecified atom stereocenters. The maximum Gasteiger partial charge on any atom is 0.537 e. The van der Waals surface area contributed by atoms with Gasteiger partial charge in [0.05, 0.1) is 0 Å². The van der Waals surface area contributed by atoms with E-state index in [4.69, 9.17) is 13.6 Å². The Morgan fingerprint density at radius 2 is 0.775 bits per heavy atom. The van der Waals surface area contributed by atoms with Crippen molar-refractivity contribution in [2.45, 2.75) is 154 Å². The van der Waals surface area contributed by atoms with E-state index in [0.29, 0.717) is 37.0 Å². The number of carbonyl (C=O) groups is 3. The van der Waals surface area contributed by atoms with E-state index in [1.807, 2.05) is 0 Å². The van der Waals surface area contributed by atoms with Gasteiger partial charge in [-0.15, -0.1) is 0 Å². The highest BCUT2D eigenvalue weighted by molar-refractivity contribution is 7.82. The van der Waals surface area contributed by atoms with Crippen molar-refractivity contribution in [2.24, 2.45) is 17.8 Å². The molecule has 0 saturated heterocycles. The van der Waals surface area contributed by atoms with E-state index < -0.39 is 42.3 Å². The van der Waals surface area contributed by atoms with Crippen molar-refractivity contribution >= 4 is 64.4 Å². The van der Waals surface area contributed by atoms with Gasteiger partial charge in [0.15, 0.2) is 0 Å². The molecule has 0 spiro atoms. The Kier molecular flexibility index (Phi) is 24.3. The monoisotopic (exact) mass is 640 g/mol. The molecular weight excluding hydrogens is 583 g/mol. The smallest absolute Gasteiger partial charge is 0.374 e. The van der Waals surface area contributed by atoms with Gasteiger partial charge in [0.1, 0.15) is 15.7 Å². The Balaban J connectivity index is 5.48. The fourth-order valence-electron chi connectivity index (χ4n) is 4.64. The van der Waals surface area contributed by atoms with Crippen LogP contribution in [0.3, 0.4) is 0 Å². The van der Waals surface area contributed by atoms with Gasteiger partial charge in [0.25, 0.3) is 0 Å². The summed E-state index contributed by atoms with van der Waals surface area (Å²) in [6, 6.07) is 0. The summed E-state index contributed by atoms with van der Waals surface area (Å²) in [6.45, 7) is 12.7. The lowest BCUT2D eigenvalue weighted by atomic mass is 9.94. The average molecular weight is 641 g/mol. The molecule has 0 bridgehead atoms. The van der Waals surface area contributed by atoms with E-state index in [9.17, 15) is 14.4 Å². The number of hydrogen-bond donors (Lipinski definition) is 3. The summed E-state index contributed by atoms with van der Waals surface area (Å²) in [6.07, 6.45) is 13.9. The summed E-state index contributed by atoms with van der Waals surface area (Å²) in [5.74, 6) is -0.963. The van der Waals surface area contributed by atoms with Crippen molar-refractivity contribution in [1.29, 1.82) is 0 Å². The Hall–Kier alpha value is -0.110. The van der Waals surface area contributed by atoms with Crippen LogP contribution in [0, 0.1) is 17.8 Å². The van der Waals surface area contributed by atoms with E-state index in [1.165, 1.54) is 0 Å². The maximum atomic E-state index is 13.0. The molecule has 0 aromatic carbocycles. The van der Waals surface area contributed by atoms with Crippen molar-refractivity contribution in [1.82, 2.24) is 0 Å². The van der Waals surface area contributed by atoms with Crippen LogP contribution < -0.4 is 0 Å². The third kappa shape index (κ3) is 17.8. The molecule has 0 rings (SSSR count). The molecule has 0 N–H and O–H groups in total. The maximum absolute atomic E-state index is 13.0. The quantitative estimate of drug-likeness (QED) is 0.0720. The van der Waals surface area contributed by atoms with Crippen molar-refractivity contribution in [2.75, 3.05) is 0 Å².